The minimum atomic E-state index is 0. The summed E-state index contributed by atoms with van der Waals surface area (Å²) < 4.78 is 1.11. The molecule has 0 rings (SSSR count). The van der Waals surface area contributed by atoms with Crippen LogP contribution in [-0.4, -0.2) is 32.2 Å². The van der Waals surface area contributed by atoms with Crippen LogP contribution >= 0.6 is 0 Å². The average Bonchev–Trinajstić information content (AvgIpc) is 1.78. The Morgan fingerprint density at radius 1 is 0.909 bits per heavy atom. The molecule has 0 amide bonds. The molecule has 70 valence electrons. The molecule has 11 heavy (non-hydrogen) atoms. The Bertz CT molecular complexity index is 76.1. The van der Waals surface area contributed by atoms with Crippen molar-refractivity contribution in [3.8, 4) is 0 Å². The minimum absolute atomic E-state index is 0. The van der Waals surface area contributed by atoms with Crippen molar-refractivity contribution in [1.82, 2.24) is 0 Å². The van der Waals surface area contributed by atoms with E-state index in [2.05, 4.69) is 28.1 Å². The van der Waals surface area contributed by atoms with E-state index in [0.29, 0.717) is 0 Å². The molecule has 0 aromatic rings. The van der Waals surface area contributed by atoms with E-state index in [1.54, 1.807) is 0 Å². The summed E-state index contributed by atoms with van der Waals surface area (Å²) in [6.07, 6.45) is 5.54. The molecule has 0 radical (unpaired) electrons. The summed E-state index contributed by atoms with van der Waals surface area (Å²) >= 11 is 0. The molecule has 0 fully saturated rings. The Morgan fingerprint density at radius 2 is 1.45 bits per heavy atom. The maximum Gasteiger partial charge on any atom is 0.0780 e. The Balaban J connectivity index is 0. The van der Waals surface area contributed by atoms with Crippen molar-refractivity contribution in [3.63, 3.8) is 0 Å². The zero-order valence-corrected chi connectivity index (χ0v) is 9.95. The van der Waals surface area contributed by atoms with Crippen molar-refractivity contribution in [2.45, 2.75) is 32.6 Å². The largest absolute Gasteiger partial charge is 1.00 e. The molecule has 0 heterocycles. The SMILES string of the molecule is CCCCCC[N+](C)(C)C.[Br-]. The molecule has 0 saturated carbocycles. The highest BCUT2D eigenvalue weighted by molar-refractivity contribution is 4.38. The van der Waals surface area contributed by atoms with Crippen LogP contribution in [0.1, 0.15) is 32.6 Å². The second kappa shape index (κ2) is 7.11. The van der Waals surface area contributed by atoms with E-state index in [1.807, 2.05) is 0 Å². The molecular weight excluding hydrogens is 202 g/mol. The van der Waals surface area contributed by atoms with E-state index in [9.17, 15) is 0 Å². The van der Waals surface area contributed by atoms with Gasteiger partial charge in [-0.05, 0) is 12.8 Å². The van der Waals surface area contributed by atoms with Crippen LogP contribution in [-0.2, 0) is 0 Å². The number of hydrogen-bond donors (Lipinski definition) is 0. The van der Waals surface area contributed by atoms with Crippen molar-refractivity contribution in [3.05, 3.63) is 0 Å². The van der Waals surface area contributed by atoms with E-state index < -0.39 is 0 Å². The van der Waals surface area contributed by atoms with Gasteiger partial charge in [-0.2, -0.15) is 0 Å². The van der Waals surface area contributed by atoms with Crippen LogP contribution < -0.4 is 17.0 Å². The van der Waals surface area contributed by atoms with Gasteiger partial charge < -0.3 is 21.5 Å². The smallest absolute Gasteiger partial charge is 0.0780 e. The van der Waals surface area contributed by atoms with Crippen LogP contribution in [0.5, 0.6) is 0 Å². The Morgan fingerprint density at radius 3 is 1.82 bits per heavy atom. The Labute approximate surface area is 82.1 Å². The lowest BCUT2D eigenvalue weighted by Crippen LogP contribution is -3.00. The minimum Gasteiger partial charge on any atom is -1.00 e. The van der Waals surface area contributed by atoms with E-state index in [-0.39, 0.29) is 17.0 Å². The zero-order valence-electron chi connectivity index (χ0n) is 8.36. The Kier molecular flexibility index (Phi) is 9.04. The average molecular weight is 224 g/mol. The number of hydrogen-bond acceptors (Lipinski definition) is 0. The van der Waals surface area contributed by atoms with Gasteiger partial charge in [0.1, 0.15) is 0 Å². The second-order valence-corrected chi connectivity index (χ2v) is 4.07. The Hall–Kier alpha value is 0.440. The third kappa shape index (κ3) is 13.4. The molecule has 2 heteroatoms. The molecule has 0 aliphatic rings. The zero-order chi connectivity index (χ0) is 8.04. The third-order valence-electron chi connectivity index (χ3n) is 1.68. The molecule has 0 atom stereocenters. The first-order valence-electron chi connectivity index (χ1n) is 4.36. The summed E-state index contributed by atoms with van der Waals surface area (Å²) in [5.74, 6) is 0. The van der Waals surface area contributed by atoms with E-state index in [0.717, 1.165) is 4.48 Å². The van der Waals surface area contributed by atoms with Gasteiger partial charge in [0.05, 0.1) is 27.7 Å². The van der Waals surface area contributed by atoms with Crippen LogP contribution in [0, 0.1) is 0 Å². The normalized spacial score (nSPS) is 10.9. The van der Waals surface area contributed by atoms with Crippen LogP contribution in [0.25, 0.3) is 0 Å². The number of halogens is 1. The highest BCUT2D eigenvalue weighted by Gasteiger charge is 2.04. The lowest BCUT2D eigenvalue weighted by molar-refractivity contribution is -0.870. The van der Waals surface area contributed by atoms with Crippen molar-refractivity contribution < 1.29 is 21.5 Å². The van der Waals surface area contributed by atoms with Gasteiger partial charge in [-0.25, -0.2) is 0 Å². The van der Waals surface area contributed by atoms with E-state index in [1.165, 1.54) is 32.2 Å². The highest BCUT2D eigenvalue weighted by atomic mass is 79.9. The first-order chi connectivity index (χ1) is 4.56. The molecule has 1 nitrogen and oxygen atoms in total. The monoisotopic (exact) mass is 223 g/mol. The second-order valence-electron chi connectivity index (χ2n) is 4.07. The fourth-order valence-corrected chi connectivity index (χ4v) is 1.01. The predicted octanol–water partition coefficient (Wildman–Crippen LogP) is -0.723. The maximum atomic E-state index is 2.26. The quantitative estimate of drug-likeness (QED) is 0.427. The van der Waals surface area contributed by atoms with Gasteiger partial charge in [0.15, 0.2) is 0 Å². The van der Waals surface area contributed by atoms with E-state index in [4.69, 9.17) is 0 Å². The van der Waals surface area contributed by atoms with Crippen LogP contribution in [0.3, 0.4) is 0 Å². The molecule has 0 aliphatic heterocycles. The standard InChI is InChI=1S/C9H22N.BrH/c1-5-6-7-8-9-10(2,3)4;/h5-9H2,1-4H3;1H/q+1;/p-1. The van der Waals surface area contributed by atoms with E-state index >= 15 is 0 Å². The lowest BCUT2D eigenvalue weighted by atomic mass is 10.2. The lowest BCUT2D eigenvalue weighted by Gasteiger charge is -2.23. The number of nitrogens with zero attached hydrogens (tertiary/aromatic N) is 1. The number of rotatable bonds is 5. The summed E-state index contributed by atoms with van der Waals surface area (Å²) in [5, 5.41) is 0. The van der Waals surface area contributed by atoms with Gasteiger partial charge in [-0.1, -0.05) is 19.8 Å². The third-order valence-corrected chi connectivity index (χ3v) is 1.68. The van der Waals surface area contributed by atoms with Crippen molar-refractivity contribution in [2.24, 2.45) is 0 Å². The molecule has 0 aromatic carbocycles. The van der Waals surface area contributed by atoms with Gasteiger partial charge >= 0.3 is 0 Å². The summed E-state index contributed by atoms with van der Waals surface area (Å²) in [6, 6.07) is 0. The summed E-state index contributed by atoms with van der Waals surface area (Å²) in [4.78, 5) is 0. The van der Waals surface area contributed by atoms with Gasteiger partial charge in [-0.3, -0.25) is 0 Å². The maximum absolute atomic E-state index is 2.26. The molecule has 0 spiro atoms. The topological polar surface area (TPSA) is 0 Å². The molecule has 0 aliphatic carbocycles. The van der Waals surface area contributed by atoms with Crippen LogP contribution in [0.4, 0.5) is 0 Å². The summed E-state index contributed by atoms with van der Waals surface area (Å²) in [7, 11) is 6.77. The summed E-state index contributed by atoms with van der Waals surface area (Å²) in [6.45, 7) is 3.58. The molecular formula is C9H22BrN. The summed E-state index contributed by atoms with van der Waals surface area (Å²) in [5.41, 5.74) is 0. The molecule has 0 N–H and O–H groups in total. The number of unbranched alkanes of at least 4 members (excludes halogenated alkanes) is 3. The van der Waals surface area contributed by atoms with Gasteiger partial charge in [0.25, 0.3) is 0 Å². The first-order valence-corrected chi connectivity index (χ1v) is 4.36. The van der Waals surface area contributed by atoms with Gasteiger partial charge in [0.2, 0.25) is 0 Å². The fourth-order valence-electron chi connectivity index (χ4n) is 1.01. The van der Waals surface area contributed by atoms with Crippen LogP contribution in [0.15, 0.2) is 0 Å². The fraction of sp³-hybridized carbons (Fsp3) is 1.00. The van der Waals surface area contributed by atoms with Crippen molar-refractivity contribution in [2.75, 3.05) is 27.7 Å². The molecule has 0 unspecified atom stereocenters. The molecule has 0 saturated heterocycles. The predicted molar refractivity (Wildman–Crippen MR) is 47.0 cm³/mol. The molecule has 0 aromatic heterocycles. The highest BCUT2D eigenvalue weighted by Crippen LogP contribution is 2.01. The number of quaternary nitrogens is 1. The van der Waals surface area contributed by atoms with Crippen molar-refractivity contribution >= 4 is 0 Å². The van der Waals surface area contributed by atoms with Crippen LogP contribution in [0.2, 0.25) is 0 Å². The van der Waals surface area contributed by atoms with Gasteiger partial charge in [0, 0.05) is 0 Å². The van der Waals surface area contributed by atoms with Crippen molar-refractivity contribution in [1.29, 1.82) is 0 Å². The molecule has 0 bridgehead atoms. The van der Waals surface area contributed by atoms with Gasteiger partial charge in [-0.15, -0.1) is 0 Å². The first kappa shape index (κ1) is 14.0.